The van der Waals surface area contributed by atoms with Gasteiger partial charge in [0.25, 0.3) is 0 Å². The molecule has 7 heteroatoms. The number of methoxy groups -OCH3 is 1. The van der Waals surface area contributed by atoms with Gasteiger partial charge in [0.2, 0.25) is 5.91 Å². The minimum Gasteiger partial charge on any atom is -0.467 e. The summed E-state index contributed by atoms with van der Waals surface area (Å²) in [4.78, 5) is 41.3. The van der Waals surface area contributed by atoms with E-state index in [4.69, 9.17) is 4.74 Å². The Morgan fingerprint density at radius 1 is 1.07 bits per heavy atom. The smallest absolute Gasteiger partial charge is 0.328 e. The number of carbonyl (C=O) groups is 3. The molecule has 3 amide bonds. The van der Waals surface area contributed by atoms with Crippen LogP contribution in [-0.4, -0.2) is 67.0 Å². The fourth-order valence-electron chi connectivity index (χ4n) is 3.95. The van der Waals surface area contributed by atoms with Crippen LogP contribution in [0.4, 0.5) is 4.79 Å². The summed E-state index contributed by atoms with van der Waals surface area (Å²) in [5, 5.41) is 2.85. The molecule has 28 heavy (non-hydrogen) atoms. The molecule has 2 atom stereocenters. The van der Waals surface area contributed by atoms with Crippen LogP contribution in [0.5, 0.6) is 0 Å². The van der Waals surface area contributed by atoms with E-state index >= 15 is 0 Å². The molecule has 0 radical (unpaired) electrons. The summed E-state index contributed by atoms with van der Waals surface area (Å²) in [5.74, 6) is -0.952. The number of likely N-dealkylation sites (tertiary alicyclic amines) is 2. The third-order valence-corrected chi connectivity index (χ3v) is 5.52. The molecule has 0 unspecified atom stereocenters. The molecule has 2 fully saturated rings. The number of ether oxygens (including phenoxy) is 1. The number of benzene rings is 1. The van der Waals surface area contributed by atoms with Gasteiger partial charge in [-0.05, 0) is 31.2 Å². The van der Waals surface area contributed by atoms with Crippen LogP contribution in [0.3, 0.4) is 0 Å². The Morgan fingerprint density at radius 2 is 1.75 bits per heavy atom. The first-order valence-corrected chi connectivity index (χ1v) is 10.0. The minimum atomic E-state index is -0.732. The average Bonchev–Trinajstić information content (AvgIpc) is 3.28. The molecule has 0 bridgehead atoms. The number of carbonyl (C=O) groups excluding carboxylic acids is 3. The van der Waals surface area contributed by atoms with Crippen LogP contribution in [0.2, 0.25) is 0 Å². The highest BCUT2D eigenvalue weighted by molar-refractivity contribution is 5.86. The van der Waals surface area contributed by atoms with Crippen LogP contribution < -0.4 is 5.32 Å². The lowest BCUT2D eigenvalue weighted by Gasteiger charge is -2.35. The predicted molar refractivity (Wildman–Crippen MR) is 105 cm³/mol. The Morgan fingerprint density at radius 3 is 2.43 bits per heavy atom. The zero-order valence-electron chi connectivity index (χ0n) is 16.4. The Labute approximate surface area is 166 Å². The van der Waals surface area contributed by atoms with Crippen molar-refractivity contribution >= 4 is 17.9 Å². The van der Waals surface area contributed by atoms with Crippen molar-refractivity contribution in [3.8, 4) is 0 Å². The van der Waals surface area contributed by atoms with Crippen LogP contribution in [0, 0.1) is 5.92 Å². The molecular weight excluding hydrogens is 358 g/mol. The maximum absolute atomic E-state index is 12.8. The van der Waals surface area contributed by atoms with Crippen molar-refractivity contribution in [2.24, 2.45) is 5.92 Å². The van der Waals surface area contributed by atoms with Crippen molar-refractivity contribution < 1.29 is 19.1 Å². The van der Waals surface area contributed by atoms with Crippen LogP contribution in [0.1, 0.15) is 31.2 Å². The average molecular weight is 387 g/mol. The number of nitrogens with zero attached hydrogens (tertiary/aromatic N) is 2. The lowest BCUT2D eigenvalue weighted by molar-refractivity contribution is -0.145. The lowest BCUT2D eigenvalue weighted by Crippen LogP contribution is -2.52. The number of esters is 1. The van der Waals surface area contributed by atoms with Gasteiger partial charge in [0, 0.05) is 32.6 Å². The molecule has 2 aliphatic heterocycles. The summed E-state index contributed by atoms with van der Waals surface area (Å²) in [5.41, 5.74) is 0.952. The topological polar surface area (TPSA) is 79.0 Å². The van der Waals surface area contributed by atoms with Crippen molar-refractivity contribution in [2.75, 3.05) is 33.3 Å². The van der Waals surface area contributed by atoms with Crippen molar-refractivity contribution in [3.63, 3.8) is 0 Å². The van der Waals surface area contributed by atoms with Gasteiger partial charge < -0.3 is 19.9 Å². The molecule has 0 saturated carbocycles. The maximum atomic E-state index is 12.8. The number of piperidine rings is 1. The van der Waals surface area contributed by atoms with Gasteiger partial charge in [-0.25, -0.2) is 9.59 Å². The number of nitrogens with one attached hydrogen (secondary N) is 1. The highest BCUT2D eigenvalue weighted by atomic mass is 16.5. The van der Waals surface area contributed by atoms with Gasteiger partial charge in [-0.15, -0.1) is 0 Å². The number of rotatable bonds is 5. The Bertz CT molecular complexity index is 688. The molecule has 2 heterocycles. The lowest BCUT2D eigenvalue weighted by atomic mass is 9.96. The zero-order chi connectivity index (χ0) is 19.9. The first-order chi connectivity index (χ1) is 13.6. The van der Waals surface area contributed by atoms with E-state index in [1.54, 1.807) is 4.90 Å². The second-order valence-corrected chi connectivity index (χ2v) is 7.54. The summed E-state index contributed by atoms with van der Waals surface area (Å²) in [6, 6.07) is 8.83. The van der Waals surface area contributed by atoms with Gasteiger partial charge in [0.15, 0.2) is 0 Å². The van der Waals surface area contributed by atoms with E-state index in [-0.39, 0.29) is 17.9 Å². The van der Waals surface area contributed by atoms with Gasteiger partial charge in [-0.2, -0.15) is 0 Å². The Kier molecular flexibility index (Phi) is 6.90. The van der Waals surface area contributed by atoms with Crippen molar-refractivity contribution in [1.82, 2.24) is 15.1 Å². The minimum absolute atomic E-state index is 0.0313. The van der Waals surface area contributed by atoms with Gasteiger partial charge >= 0.3 is 12.0 Å². The van der Waals surface area contributed by atoms with Crippen LogP contribution in [0.25, 0.3) is 0 Å². The molecule has 1 aromatic carbocycles. The summed E-state index contributed by atoms with van der Waals surface area (Å²) >= 11 is 0. The first-order valence-electron chi connectivity index (χ1n) is 10.0. The van der Waals surface area contributed by atoms with Crippen molar-refractivity contribution in [1.29, 1.82) is 0 Å². The highest BCUT2D eigenvalue weighted by Gasteiger charge is 2.33. The molecule has 2 saturated heterocycles. The van der Waals surface area contributed by atoms with Gasteiger partial charge in [-0.1, -0.05) is 30.3 Å². The highest BCUT2D eigenvalue weighted by Crippen LogP contribution is 2.20. The molecular formula is C21H29N3O4. The maximum Gasteiger partial charge on any atom is 0.328 e. The van der Waals surface area contributed by atoms with Crippen LogP contribution in [-0.2, 0) is 20.7 Å². The molecule has 0 aliphatic carbocycles. The summed E-state index contributed by atoms with van der Waals surface area (Å²) < 4.78 is 4.87. The molecule has 152 valence electrons. The fraction of sp³-hybridized carbons (Fsp3) is 0.571. The normalized spacial score (nSPS) is 20.5. The third kappa shape index (κ3) is 5.03. The van der Waals surface area contributed by atoms with Gasteiger partial charge in [0.05, 0.1) is 13.0 Å². The van der Waals surface area contributed by atoms with E-state index in [2.05, 4.69) is 5.32 Å². The SMILES string of the molecule is COC(=O)[C@H](Cc1ccccc1)NC(=O)[C@@H]1CCCN(C(=O)N2CCCC2)C1. The number of urea groups is 1. The molecule has 0 spiro atoms. The number of amides is 3. The molecule has 1 N–H and O–H groups in total. The quantitative estimate of drug-likeness (QED) is 0.782. The summed E-state index contributed by atoms with van der Waals surface area (Å²) in [6.45, 7) is 2.69. The zero-order valence-corrected chi connectivity index (χ0v) is 16.4. The van der Waals surface area contributed by atoms with Gasteiger partial charge in [-0.3, -0.25) is 4.79 Å². The summed E-state index contributed by atoms with van der Waals surface area (Å²) in [6.07, 6.45) is 3.98. The Hall–Kier alpha value is -2.57. The van der Waals surface area contributed by atoms with E-state index in [1.807, 2.05) is 35.2 Å². The largest absolute Gasteiger partial charge is 0.467 e. The molecule has 3 rings (SSSR count). The second kappa shape index (κ2) is 9.57. The monoisotopic (exact) mass is 387 g/mol. The number of hydrogen-bond donors (Lipinski definition) is 1. The third-order valence-electron chi connectivity index (χ3n) is 5.52. The van der Waals surface area contributed by atoms with E-state index in [0.29, 0.717) is 19.5 Å². The first kappa shape index (κ1) is 20.2. The molecule has 0 aromatic heterocycles. The number of hydrogen-bond acceptors (Lipinski definition) is 4. The van der Waals surface area contributed by atoms with Crippen LogP contribution in [0.15, 0.2) is 30.3 Å². The van der Waals surface area contributed by atoms with Crippen molar-refractivity contribution in [2.45, 2.75) is 38.1 Å². The second-order valence-electron chi connectivity index (χ2n) is 7.54. The molecule has 1 aromatic rings. The standard InChI is InChI=1S/C21H29N3O4/c1-28-20(26)18(14-16-8-3-2-4-9-16)22-19(25)17-10-7-13-24(15-17)21(27)23-11-5-6-12-23/h2-4,8-9,17-18H,5-7,10-15H2,1H3,(H,22,25)/t17-,18+/m1/s1. The van der Waals surface area contributed by atoms with E-state index in [9.17, 15) is 14.4 Å². The molecule has 7 nitrogen and oxygen atoms in total. The van der Waals surface area contributed by atoms with E-state index < -0.39 is 12.0 Å². The van der Waals surface area contributed by atoms with Crippen LogP contribution >= 0.6 is 0 Å². The van der Waals surface area contributed by atoms with E-state index in [0.717, 1.165) is 44.3 Å². The van der Waals surface area contributed by atoms with Crippen molar-refractivity contribution in [3.05, 3.63) is 35.9 Å². The van der Waals surface area contributed by atoms with Gasteiger partial charge in [0.1, 0.15) is 6.04 Å². The Balaban J connectivity index is 1.60. The fourth-order valence-corrected chi connectivity index (χ4v) is 3.95. The van der Waals surface area contributed by atoms with E-state index in [1.165, 1.54) is 7.11 Å². The summed E-state index contributed by atoms with van der Waals surface area (Å²) in [7, 11) is 1.32. The molecule has 2 aliphatic rings. The predicted octanol–water partition coefficient (Wildman–Crippen LogP) is 1.81.